The van der Waals surface area contributed by atoms with E-state index < -0.39 is 5.54 Å². The highest BCUT2D eigenvalue weighted by molar-refractivity contribution is 7.99. The van der Waals surface area contributed by atoms with Crippen LogP contribution in [0, 0.1) is 11.3 Å². The summed E-state index contributed by atoms with van der Waals surface area (Å²) in [6.07, 6.45) is 6.58. The van der Waals surface area contributed by atoms with Crippen molar-refractivity contribution in [3.05, 3.63) is 5.82 Å². The SMILES string of the molecule is CCCCn1c(SCC(=O)NC2(C#N)CCCC2)nnc1C(CC)N(C)C. The smallest absolute Gasteiger partial charge is 0.231 e. The van der Waals surface area contributed by atoms with E-state index in [1.165, 1.54) is 11.8 Å². The van der Waals surface area contributed by atoms with E-state index in [1.54, 1.807) is 0 Å². The van der Waals surface area contributed by atoms with Crippen LogP contribution in [-0.4, -0.2) is 51.0 Å². The molecule has 0 aliphatic heterocycles. The van der Waals surface area contributed by atoms with Crippen molar-refractivity contribution in [2.75, 3.05) is 19.8 Å². The predicted octanol–water partition coefficient (Wildman–Crippen LogP) is 3.14. The molecular weight excluding hydrogens is 360 g/mol. The molecule has 1 aliphatic carbocycles. The number of nitriles is 1. The summed E-state index contributed by atoms with van der Waals surface area (Å²) >= 11 is 1.41. The van der Waals surface area contributed by atoms with Crippen LogP contribution < -0.4 is 5.32 Å². The van der Waals surface area contributed by atoms with E-state index >= 15 is 0 Å². The van der Waals surface area contributed by atoms with Crippen LogP contribution in [0.5, 0.6) is 0 Å². The Morgan fingerprint density at radius 1 is 1.37 bits per heavy atom. The van der Waals surface area contributed by atoms with Crippen molar-refractivity contribution in [1.29, 1.82) is 5.26 Å². The quantitative estimate of drug-likeness (QED) is 0.616. The molecule has 0 radical (unpaired) electrons. The summed E-state index contributed by atoms with van der Waals surface area (Å²) in [7, 11) is 4.10. The van der Waals surface area contributed by atoms with Gasteiger partial charge in [0.25, 0.3) is 0 Å². The Bertz CT molecular complexity index is 660. The normalized spacial score (nSPS) is 17.0. The summed E-state index contributed by atoms with van der Waals surface area (Å²) < 4.78 is 2.16. The number of thioether (sulfide) groups is 1. The van der Waals surface area contributed by atoms with Crippen LogP contribution in [0.2, 0.25) is 0 Å². The molecule has 0 aromatic carbocycles. The number of aromatic nitrogens is 3. The molecule has 1 amide bonds. The van der Waals surface area contributed by atoms with Gasteiger partial charge in [0.05, 0.1) is 17.9 Å². The molecule has 1 saturated carbocycles. The first-order chi connectivity index (χ1) is 13.0. The van der Waals surface area contributed by atoms with Crippen molar-refractivity contribution in [3.8, 4) is 6.07 Å². The lowest BCUT2D eigenvalue weighted by atomic mass is 10.0. The number of unbranched alkanes of at least 4 members (excludes halogenated alkanes) is 1. The van der Waals surface area contributed by atoms with Gasteiger partial charge in [-0.05, 0) is 52.6 Å². The van der Waals surface area contributed by atoms with E-state index in [0.29, 0.717) is 0 Å². The second-order valence-corrected chi connectivity index (χ2v) is 8.41. The van der Waals surface area contributed by atoms with Gasteiger partial charge in [0.15, 0.2) is 11.0 Å². The molecule has 0 bridgehead atoms. The zero-order valence-corrected chi connectivity index (χ0v) is 17.8. The summed E-state index contributed by atoms with van der Waals surface area (Å²) in [5, 5.41) is 22.0. The number of nitrogens with zero attached hydrogens (tertiary/aromatic N) is 5. The minimum Gasteiger partial charge on any atom is -0.337 e. The zero-order valence-electron chi connectivity index (χ0n) is 17.0. The van der Waals surface area contributed by atoms with Crippen LogP contribution in [0.4, 0.5) is 0 Å². The minimum atomic E-state index is -0.670. The highest BCUT2D eigenvalue weighted by Crippen LogP contribution is 2.29. The number of rotatable bonds is 10. The minimum absolute atomic E-state index is 0.102. The average molecular weight is 393 g/mol. The first-order valence-corrected chi connectivity index (χ1v) is 10.9. The molecule has 2 rings (SSSR count). The third kappa shape index (κ3) is 5.45. The van der Waals surface area contributed by atoms with Gasteiger partial charge in [0, 0.05) is 6.54 Å². The molecule has 1 heterocycles. The highest BCUT2D eigenvalue weighted by atomic mass is 32.2. The van der Waals surface area contributed by atoms with Gasteiger partial charge < -0.3 is 9.88 Å². The molecule has 150 valence electrons. The lowest BCUT2D eigenvalue weighted by Gasteiger charge is -2.23. The first-order valence-electron chi connectivity index (χ1n) is 9.91. The number of nitrogens with one attached hydrogen (secondary N) is 1. The summed E-state index contributed by atoms with van der Waals surface area (Å²) in [6, 6.07) is 2.51. The molecule has 0 saturated heterocycles. The molecule has 1 unspecified atom stereocenters. The molecule has 1 N–H and O–H groups in total. The zero-order chi connectivity index (χ0) is 19.9. The summed E-state index contributed by atoms with van der Waals surface area (Å²) in [6.45, 7) is 5.17. The van der Waals surface area contributed by atoms with Crippen LogP contribution in [0.15, 0.2) is 5.16 Å². The van der Waals surface area contributed by atoms with Gasteiger partial charge in [0.2, 0.25) is 5.91 Å². The lowest BCUT2D eigenvalue weighted by Crippen LogP contribution is -2.45. The molecule has 1 aromatic heterocycles. The molecule has 1 fully saturated rings. The van der Waals surface area contributed by atoms with E-state index in [-0.39, 0.29) is 17.7 Å². The van der Waals surface area contributed by atoms with Crippen molar-refractivity contribution in [2.24, 2.45) is 0 Å². The van der Waals surface area contributed by atoms with Gasteiger partial charge in [-0.2, -0.15) is 5.26 Å². The maximum Gasteiger partial charge on any atom is 0.231 e. The molecule has 1 aromatic rings. The average Bonchev–Trinajstić information content (AvgIpc) is 3.26. The number of hydrogen-bond donors (Lipinski definition) is 1. The van der Waals surface area contributed by atoms with E-state index in [9.17, 15) is 10.1 Å². The van der Waals surface area contributed by atoms with E-state index in [0.717, 1.165) is 62.5 Å². The topological polar surface area (TPSA) is 86.8 Å². The highest BCUT2D eigenvalue weighted by Gasteiger charge is 2.35. The Hall–Kier alpha value is -1.59. The molecule has 8 heteroatoms. The standard InChI is InChI=1S/C19H32N6OS/c1-5-7-12-25-17(15(6-2)24(3)4)22-23-18(25)27-13-16(26)21-19(14-20)10-8-9-11-19/h15H,5-13H2,1-4H3,(H,21,26). The number of amides is 1. The Labute approximate surface area is 166 Å². The predicted molar refractivity (Wildman–Crippen MR) is 107 cm³/mol. The number of carbonyl (C=O) groups is 1. The summed E-state index contributed by atoms with van der Waals surface area (Å²) in [5.41, 5.74) is -0.670. The molecule has 7 nitrogen and oxygen atoms in total. The van der Waals surface area contributed by atoms with Crippen LogP contribution >= 0.6 is 11.8 Å². The van der Waals surface area contributed by atoms with Gasteiger partial charge in [-0.3, -0.25) is 9.69 Å². The fraction of sp³-hybridized carbons (Fsp3) is 0.789. The Balaban J connectivity index is 2.07. The molecule has 0 spiro atoms. The van der Waals surface area contributed by atoms with Gasteiger partial charge in [-0.1, -0.05) is 32.0 Å². The largest absolute Gasteiger partial charge is 0.337 e. The summed E-state index contributed by atoms with van der Waals surface area (Å²) in [4.78, 5) is 14.6. The Morgan fingerprint density at radius 3 is 2.63 bits per heavy atom. The molecule has 1 atom stereocenters. The van der Waals surface area contributed by atoms with Crippen LogP contribution in [-0.2, 0) is 11.3 Å². The van der Waals surface area contributed by atoms with E-state index in [4.69, 9.17) is 0 Å². The Morgan fingerprint density at radius 2 is 2.07 bits per heavy atom. The number of hydrogen-bond acceptors (Lipinski definition) is 6. The molecule has 27 heavy (non-hydrogen) atoms. The van der Waals surface area contributed by atoms with Crippen molar-refractivity contribution in [2.45, 2.75) is 82.1 Å². The fourth-order valence-electron chi connectivity index (χ4n) is 3.63. The second kappa shape index (κ2) is 10.1. The molecule has 1 aliphatic rings. The third-order valence-electron chi connectivity index (χ3n) is 5.17. The van der Waals surface area contributed by atoms with Crippen LogP contribution in [0.25, 0.3) is 0 Å². The van der Waals surface area contributed by atoms with Gasteiger partial charge >= 0.3 is 0 Å². The van der Waals surface area contributed by atoms with Gasteiger partial charge in [-0.25, -0.2) is 0 Å². The van der Waals surface area contributed by atoms with Crippen molar-refractivity contribution >= 4 is 17.7 Å². The second-order valence-electron chi connectivity index (χ2n) is 7.47. The van der Waals surface area contributed by atoms with Crippen molar-refractivity contribution in [1.82, 2.24) is 25.0 Å². The monoisotopic (exact) mass is 392 g/mol. The fourth-order valence-corrected chi connectivity index (χ4v) is 4.41. The summed E-state index contributed by atoms with van der Waals surface area (Å²) in [5.74, 6) is 1.12. The maximum absolute atomic E-state index is 12.4. The molecular formula is C19H32N6OS. The Kier molecular flexibility index (Phi) is 8.11. The van der Waals surface area contributed by atoms with Crippen molar-refractivity contribution in [3.63, 3.8) is 0 Å². The van der Waals surface area contributed by atoms with Crippen LogP contribution in [0.3, 0.4) is 0 Å². The van der Waals surface area contributed by atoms with E-state index in [2.05, 4.69) is 59.0 Å². The van der Waals surface area contributed by atoms with E-state index in [1.807, 2.05) is 0 Å². The maximum atomic E-state index is 12.4. The van der Waals surface area contributed by atoms with Gasteiger partial charge in [-0.15, -0.1) is 10.2 Å². The first kappa shape index (κ1) is 21.7. The number of carbonyl (C=O) groups excluding carboxylic acids is 1. The third-order valence-corrected chi connectivity index (χ3v) is 6.14. The van der Waals surface area contributed by atoms with Crippen molar-refractivity contribution < 1.29 is 4.79 Å². The van der Waals surface area contributed by atoms with Gasteiger partial charge in [0.1, 0.15) is 5.54 Å². The van der Waals surface area contributed by atoms with Crippen LogP contribution in [0.1, 0.15) is 70.7 Å². The lowest BCUT2D eigenvalue weighted by molar-refractivity contribution is -0.119.